The number of hydrogen-bond donors (Lipinski definition) is 3. The number of aliphatic hydroxyl groups excluding tert-OH is 2. The molecule has 8 heteroatoms. The second kappa shape index (κ2) is 8.90. The Hall–Kier alpha value is -1.19. The van der Waals surface area contributed by atoms with Gasteiger partial charge in [-0.3, -0.25) is 4.79 Å². The number of thioether (sulfide) groups is 1. The van der Waals surface area contributed by atoms with Gasteiger partial charge in [-0.15, -0.1) is 0 Å². The highest BCUT2D eigenvalue weighted by Gasteiger charge is 2.74. The van der Waals surface area contributed by atoms with E-state index < -0.39 is 34.8 Å². The summed E-state index contributed by atoms with van der Waals surface area (Å²) < 4.78 is 12.3. The highest BCUT2D eigenvalue weighted by molar-refractivity contribution is 8.00. The Morgan fingerprint density at radius 1 is 1.18 bits per heavy atom. The molecule has 0 radical (unpaired) electrons. The number of ketones is 1. The summed E-state index contributed by atoms with van der Waals surface area (Å²) in [6.45, 7) is 8.35. The van der Waals surface area contributed by atoms with Crippen LogP contribution in [0, 0.1) is 34.5 Å². The molecule has 0 amide bonds. The maximum Gasteiger partial charge on any atom is 0.336 e. The highest BCUT2D eigenvalue weighted by atomic mass is 32.2. The zero-order chi connectivity index (χ0) is 27.3. The summed E-state index contributed by atoms with van der Waals surface area (Å²) in [6.07, 6.45) is 6.42. The Kier molecular flexibility index (Phi) is 6.33. The number of allylic oxidation sites excluding steroid dienone is 1. The van der Waals surface area contributed by atoms with E-state index >= 15 is 0 Å². The van der Waals surface area contributed by atoms with Crippen LogP contribution < -0.4 is 0 Å². The molecule has 6 rings (SSSR count). The number of esters is 1. The molecular weight excluding hydrogens is 504 g/mol. The van der Waals surface area contributed by atoms with Gasteiger partial charge in [-0.25, -0.2) is 4.79 Å². The molecule has 0 aromatic heterocycles. The topological polar surface area (TPSA) is 113 Å². The van der Waals surface area contributed by atoms with Crippen molar-refractivity contribution in [1.82, 2.24) is 0 Å². The number of aliphatic hydroxyl groups is 3. The van der Waals surface area contributed by atoms with E-state index in [0.29, 0.717) is 25.0 Å². The quantitative estimate of drug-likeness (QED) is 0.463. The summed E-state index contributed by atoms with van der Waals surface area (Å²) in [5.41, 5.74) is -1.93. The molecule has 6 aliphatic rings. The first-order valence-electron chi connectivity index (χ1n) is 14.3. The zero-order valence-corrected chi connectivity index (χ0v) is 23.8. The Bertz CT molecular complexity index is 1100. The summed E-state index contributed by atoms with van der Waals surface area (Å²) in [7, 11) is 0. The molecule has 0 aromatic rings. The summed E-state index contributed by atoms with van der Waals surface area (Å²) in [5.74, 6) is 0.713. The SMILES string of the molecule is CC1=C(CO)C(=O)O[C@@H]([C@@H](C)[C@@]2(O)CC[C@H]3[C@@H]4C[C@@H]5SCCO[C@]56[C@@H](O)C=CC(=O)[C@]6(C)[C@H]4CC[C@@]32C)C1. The average Bonchev–Trinajstić information content (AvgIpc) is 3.17. The molecule has 0 aromatic carbocycles. The van der Waals surface area contributed by atoms with Crippen LogP contribution in [0.15, 0.2) is 23.3 Å². The van der Waals surface area contributed by atoms with Crippen molar-refractivity contribution in [3.05, 3.63) is 23.3 Å². The predicted octanol–water partition coefficient (Wildman–Crippen LogP) is 3.20. The Labute approximate surface area is 229 Å². The molecule has 210 valence electrons. The summed E-state index contributed by atoms with van der Waals surface area (Å²) in [4.78, 5) is 26.3. The molecular formula is C30H42O7S. The number of carbonyl (C=O) groups excluding carboxylic acids is 2. The first-order chi connectivity index (χ1) is 18.0. The maximum atomic E-state index is 13.7. The number of ether oxygens (including phenoxy) is 2. The smallest absolute Gasteiger partial charge is 0.336 e. The van der Waals surface area contributed by atoms with Crippen molar-refractivity contribution in [1.29, 1.82) is 0 Å². The second-order valence-electron chi connectivity index (χ2n) is 13.3. The van der Waals surface area contributed by atoms with E-state index in [1.165, 1.54) is 0 Å². The van der Waals surface area contributed by atoms with Gasteiger partial charge in [0, 0.05) is 23.3 Å². The van der Waals surface area contributed by atoms with Crippen LogP contribution in [-0.4, -0.2) is 74.7 Å². The molecule has 2 heterocycles. The minimum atomic E-state index is -1.01. The van der Waals surface area contributed by atoms with Gasteiger partial charge in [0.2, 0.25) is 0 Å². The number of carbonyl (C=O) groups is 2. The van der Waals surface area contributed by atoms with Gasteiger partial charge >= 0.3 is 5.97 Å². The van der Waals surface area contributed by atoms with Crippen LogP contribution in [0.3, 0.4) is 0 Å². The van der Waals surface area contributed by atoms with Crippen molar-refractivity contribution in [2.45, 2.75) is 94.9 Å². The lowest BCUT2D eigenvalue weighted by Gasteiger charge is -2.67. The lowest BCUT2D eigenvalue weighted by molar-refractivity contribution is -0.243. The number of cyclic esters (lactones) is 1. The third-order valence-corrected chi connectivity index (χ3v) is 13.6. The molecule has 1 spiro atoms. The van der Waals surface area contributed by atoms with Gasteiger partial charge < -0.3 is 24.8 Å². The number of fused-ring (bicyclic) bond motifs is 4. The summed E-state index contributed by atoms with van der Waals surface area (Å²) in [6, 6.07) is 0. The monoisotopic (exact) mass is 546 g/mol. The van der Waals surface area contributed by atoms with E-state index in [2.05, 4.69) is 6.92 Å². The van der Waals surface area contributed by atoms with E-state index in [0.717, 1.165) is 37.0 Å². The van der Waals surface area contributed by atoms with Crippen molar-refractivity contribution in [3.8, 4) is 0 Å². The molecule has 4 fully saturated rings. The van der Waals surface area contributed by atoms with Crippen molar-refractivity contribution in [2.24, 2.45) is 34.5 Å². The van der Waals surface area contributed by atoms with Gasteiger partial charge in [-0.2, -0.15) is 11.8 Å². The Morgan fingerprint density at radius 3 is 2.63 bits per heavy atom. The Morgan fingerprint density at radius 2 is 1.92 bits per heavy atom. The normalized spacial score (nSPS) is 51.0. The second-order valence-corrected chi connectivity index (χ2v) is 14.6. The van der Waals surface area contributed by atoms with Gasteiger partial charge in [-0.1, -0.05) is 19.4 Å². The molecule has 3 N–H and O–H groups in total. The van der Waals surface area contributed by atoms with Crippen LogP contribution in [-0.2, 0) is 19.1 Å². The number of hydrogen-bond acceptors (Lipinski definition) is 8. The standard InChI is InChI=1S/C30H42O7S/c1-16-13-22(37-26(34)19(16)15-31)17(2)29(35)10-8-20-18-14-25-30(36-11-12-38-25)24(33)6-5-23(32)28(30,4)21(18)7-9-27(20,29)3/h5-6,17-18,20-22,24-25,31,33,35H,7-15H2,1-4H3/t17-,18+,20+,21+,22-,24+,25+,27+,28+,29+,30-/m1/s1. The molecule has 3 saturated carbocycles. The Balaban J connectivity index is 1.34. The fourth-order valence-electron chi connectivity index (χ4n) is 10.1. The summed E-state index contributed by atoms with van der Waals surface area (Å²) in [5, 5.41) is 33.4. The van der Waals surface area contributed by atoms with E-state index in [9.17, 15) is 24.9 Å². The summed E-state index contributed by atoms with van der Waals surface area (Å²) >= 11 is 1.83. The third kappa shape index (κ3) is 3.18. The van der Waals surface area contributed by atoms with Crippen LogP contribution >= 0.6 is 11.8 Å². The van der Waals surface area contributed by atoms with E-state index in [1.807, 2.05) is 32.5 Å². The molecule has 2 aliphatic heterocycles. The van der Waals surface area contributed by atoms with Crippen molar-refractivity contribution in [2.75, 3.05) is 19.0 Å². The minimum absolute atomic E-state index is 0.0175. The average molecular weight is 547 g/mol. The van der Waals surface area contributed by atoms with Gasteiger partial charge in [-0.05, 0) is 81.3 Å². The van der Waals surface area contributed by atoms with Gasteiger partial charge in [0.1, 0.15) is 17.8 Å². The lowest BCUT2D eigenvalue weighted by Crippen LogP contribution is -2.75. The van der Waals surface area contributed by atoms with Gasteiger partial charge in [0.25, 0.3) is 0 Å². The van der Waals surface area contributed by atoms with Crippen LogP contribution in [0.4, 0.5) is 0 Å². The molecule has 1 saturated heterocycles. The lowest BCUT2D eigenvalue weighted by atomic mass is 9.42. The zero-order valence-electron chi connectivity index (χ0n) is 22.9. The molecule has 4 aliphatic carbocycles. The van der Waals surface area contributed by atoms with Crippen LogP contribution in [0.25, 0.3) is 0 Å². The molecule has 7 nitrogen and oxygen atoms in total. The van der Waals surface area contributed by atoms with Crippen molar-refractivity contribution < 1.29 is 34.4 Å². The maximum absolute atomic E-state index is 13.7. The van der Waals surface area contributed by atoms with Crippen molar-refractivity contribution >= 4 is 23.5 Å². The third-order valence-electron chi connectivity index (χ3n) is 12.3. The first kappa shape index (κ1) is 27.0. The largest absolute Gasteiger partial charge is 0.458 e. The minimum Gasteiger partial charge on any atom is -0.458 e. The van der Waals surface area contributed by atoms with Crippen molar-refractivity contribution in [3.63, 3.8) is 0 Å². The fraction of sp³-hybridized carbons (Fsp3) is 0.800. The number of rotatable bonds is 3. The van der Waals surface area contributed by atoms with Crippen LogP contribution in [0.2, 0.25) is 0 Å². The van der Waals surface area contributed by atoms with E-state index in [-0.39, 0.29) is 46.7 Å². The van der Waals surface area contributed by atoms with Crippen LogP contribution in [0.5, 0.6) is 0 Å². The molecule has 11 atom stereocenters. The fourth-order valence-corrected chi connectivity index (χ4v) is 11.6. The van der Waals surface area contributed by atoms with E-state index in [1.54, 1.807) is 12.2 Å². The molecule has 0 unspecified atom stereocenters. The first-order valence-corrected chi connectivity index (χ1v) is 15.4. The highest BCUT2D eigenvalue weighted by Crippen LogP contribution is 2.71. The predicted molar refractivity (Wildman–Crippen MR) is 143 cm³/mol. The van der Waals surface area contributed by atoms with Crippen LogP contribution in [0.1, 0.15) is 66.2 Å². The van der Waals surface area contributed by atoms with E-state index in [4.69, 9.17) is 9.47 Å². The molecule has 0 bridgehead atoms. The van der Waals surface area contributed by atoms with Gasteiger partial charge in [0.15, 0.2) is 5.78 Å². The molecule has 38 heavy (non-hydrogen) atoms. The van der Waals surface area contributed by atoms with Gasteiger partial charge in [0.05, 0.1) is 29.8 Å².